The number of thioether (sulfide) groups is 1. The molecule has 2 nitrogen and oxygen atoms in total. The predicted octanol–water partition coefficient (Wildman–Crippen LogP) is 4.33. The smallest absolute Gasteiger partial charge is 0.0897 e. The Hall–Kier alpha value is -1.35. The molecule has 0 atom stereocenters. The normalized spacial score (nSPS) is 25.7. The Morgan fingerprint density at radius 1 is 1.00 bits per heavy atom. The van der Waals surface area contributed by atoms with Crippen LogP contribution in [0.15, 0.2) is 56.3 Å². The van der Waals surface area contributed by atoms with Crippen LogP contribution in [0.5, 0.6) is 0 Å². The second-order valence-electron chi connectivity index (χ2n) is 5.76. The van der Waals surface area contributed by atoms with Gasteiger partial charge in [-0.1, -0.05) is 12.2 Å². The summed E-state index contributed by atoms with van der Waals surface area (Å²) in [5.74, 6) is 0. The van der Waals surface area contributed by atoms with Crippen LogP contribution in [0.4, 0.5) is 0 Å². The standard InChI is InChI=1S/C16H20N2S/c1-15(2)12-18-16(3,4)14(11-17-15)6-5-13-7-9-19-10-8-13/h5-12H,1-4H3/b14-6+. The van der Waals surface area contributed by atoms with Gasteiger partial charge < -0.3 is 0 Å². The molecule has 0 aromatic carbocycles. The van der Waals surface area contributed by atoms with Crippen LogP contribution in [0, 0.1) is 0 Å². The summed E-state index contributed by atoms with van der Waals surface area (Å²) in [4.78, 5) is 9.25. The van der Waals surface area contributed by atoms with Crippen LogP contribution >= 0.6 is 11.8 Å². The summed E-state index contributed by atoms with van der Waals surface area (Å²) in [6, 6.07) is 0. The average Bonchev–Trinajstić information content (AvgIpc) is 2.47. The fourth-order valence-corrected chi connectivity index (χ4v) is 2.26. The van der Waals surface area contributed by atoms with Crippen LogP contribution in [0.1, 0.15) is 27.7 Å². The maximum absolute atomic E-state index is 4.67. The highest BCUT2D eigenvalue weighted by atomic mass is 32.2. The molecule has 0 fully saturated rings. The van der Waals surface area contributed by atoms with Crippen molar-refractivity contribution in [2.45, 2.75) is 38.8 Å². The van der Waals surface area contributed by atoms with Gasteiger partial charge in [-0.05, 0) is 61.8 Å². The summed E-state index contributed by atoms with van der Waals surface area (Å²) < 4.78 is 0. The molecule has 19 heavy (non-hydrogen) atoms. The molecular formula is C16H20N2S. The SMILES string of the molecule is CC1(C)C=NC(C)(C)/C(=C/C=C2C=CSC=C2)C=N1. The van der Waals surface area contributed by atoms with Crippen LogP contribution in [0.2, 0.25) is 0 Å². The van der Waals surface area contributed by atoms with E-state index in [9.17, 15) is 0 Å². The Morgan fingerprint density at radius 2 is 1.68 bits per heavy atom. The van der Waals surface area contributed by atoms with E-state index in [1.54, 1.807) is 11.8 Å². The lowest BCUT2D eigenvalue weighted by Gasteiger charge is -2.19. The van der Waals surface area contributed by atoms with Crippen LogP contribution in [0.25, 0.3) is 0 Å². The van der Waals surface area contributed by atoms with E-state index in [4.69, 9.17) is 0 Å². The van der Waals surface area contributed by atoms with Crippen molar-refractivity contribution in [2.75, 3.05) is 0 Å². The lowest BCUT2D eigenvalue weighted by atomic mass is 9.95. The average molecular weight is 272 g/mol. The Labute approximate surface area is 119 Å². The minimum atomic E-state index is -0.231. The first-order valence-electron chi connectivity index (χ1n) is 6.42. The third-order valence-electron chi connectivity index (χ3n) is 3.08. The third kappa shape index (κ3) is 3.80. The molecule has 2 aliphatic rings. The molecular weight excluding hydrogens is 252 g/mol. The number of nitrogens with zero attached hydrogens (tertiary/aromatic N) is 2. The lowest BCUT2D eigenvalue weighted by molar-refractivity contribution is 0.637. The van der Waals surface area contributed by atoms with Crippen molar-refractivity contribution < 1.29 is 0 Å². The van der Waals surface area contributed by atoms with Crippen molar-refractivity contribution in [1.29, 1.82) is 0 Å². The first-order valence-corrected chi connectivity index (χ1v) is 7.36. The summed E-state index contributed by atoms with van der Waals surface area (Å²) in [6.45, 7) is 8.36. The molecule has 100 valence electrons. The fourth-order valence-electron chi connectivity index (χ4n) is 1.70. The molecule has 0 spiro atoms. The molecule has 2 heterocycles. The number of hydrogen-bond donors (Lipinski definition) is 0. The van der Waals surface area contributed by atoms with Crippen molar-refractivity contribution in [3.8, 4) is 0 Å². The van der Waals surface area contributed by atoms with E-state index < -0.39 is 0 Å². The Kier molecular flexibility index (Phi) is 3.95. The van der Waals surface area contributed by atoms with Gasteiger partial charge in [-0.15, -0.1) is 11.8 Å². The van der Waals surface area contributed by atoms with Crippen LogP contribution in [-0.2, 0) is 0 Å². The molecule has 0 amide bonds. The van der Waals surface area contributed by atoms with E-state index >= 15 is 0 Å². The summed E-state index contributed by atoms with van der Waals surface area (Å²) in [5, 5.41) is 4.16. The van der Waals surface area contributed by atoms with Crippen molar-refractivity contribution in [2.24, 2.45) is 9.98 Å². The zero-order valence-electron chi connectivity index (χ0n) is 11.9. The molecule has 2 aliphatic heterocycles. The quantitative estimate of drug-likeness (QED) is 0.697. The summed E-state index contributed by atoms with van der Waals surface area (Å²) in [5.41, 5.74) is 1.87. The largest absolute Gasteiger partial charge is 0.284 e. The highest BCUT2D eigenvalue weighted by Crippen LogP contribution is 2.25. The topological polar surface area (TPSA) is 24.7 Å². The molecule has 0 saturated heterocycles. The molecule has 3 heteroatoms. The van der Waals surface area contributed by atoms with Crippen molar-refractivity contribution in [3.63, 3.8) is 0 Å². The van der Waals surface area contributed by atoms with Crippen LogP contribution in [0.3, 0.4) is 0 Å². The number of rotatable bonds is 1. The molecule has 0 unspecified atom stereocenters. The van der Waals surface area contributed by atoms with Gasteiger partial charge in [0.15, 0.2) is 0 Å². The van der Waals surface area contributed by atoms with Gasteiger partial charge in [0, 0.05) is 12.4 Å². The van der Waals surface area contributed by atoms with Gasteiger partial charge in [0.2, 0.25) is 0 Å². The fraction of sp³-hybridized carbons (Fsp3) is 0.375. The predicted molar refractivity (Wildman–Crippen MR) is 87.2 cm³/mol. The van der Waals surface area contributed by atoms with E-state index in [1.165, 1.54) is 5.57 Å². The van der Waals surface area contributed by atoms with E-state index in [0.29, 0.717) is 0 Å². The monoisotopic (exact) mass is 272 g/mol. The van der Waals surface area contributed by atoms with Crippen LogP contribution in [-0.4, -0.2) is 23.5 Å². The summed E-state index contributed by atoms with van der Waals surface area (Å²) >= 11 is 1.69. The van der Waals surface area contributed by atoms with Gasteiger partial charge in [-0.25, -0.2) is 0 Å². The van der Waals surface area contributed by atoms with E-state index in [2.05, 4.69) is 72.8 Å². The molecule has 0 radical (unpaired) electrons. The van der Waals surface area contributed by atoms with E-state index in [1.807, 2.05) is 12.4 Å². The van der Waals surface area contributed by atoms with Crippen molar-refractivity contribution >= 4 is 24.2 Å². The zero-order valence-corrected chi connectivity index (χ0v) is 12.7. The molecule has 0 aromatic heterocycles. The number of hydrogen-bond acceptors (Lipinski definition) is 3. The highest BCUT2D eigenvalue weighted by Gasteiger charge is 2.25. The first kappa shape index (κ1) is 14.1. The molecule has 0 aromatic rings. The van der Waals surface area contributed by atoms with Crippen LogP contribution < -0.4 is 0 Å². The Bertz CT molecular complexity index is 515. The summed E-state index contributed by atoms with van der Waals surface area (Å²) in [6.07, 6.45) is 12.3. The van der Waals surface area contributed by atoms with Gasteiger partial charge in [-0.3, -0.25) is 9.98 Å². The number of allylic oxidation sites excluding steroid dienone is 5. The maximum Gasteiger partial charge on any atom is 0.0897 e. The molecule has 0 saturated carbocycles. The third-order valence-corrected chi connectivity index (χ3v) is 3.67. The first-order chi connectivity index (χ1) is 8.89. The Morgan fingerprint density at radius 3 is 2.37 bits per heavy atom. The molecule has 0 N–H and O–H groups in total. The second-order valence-corrected chi connectivity index (χ2v) is 6.58. The van der Waals surface area contributed by atoms with Crippen molar-refractivity contribution in [1.82, 2.24) is 0 Å². The molecule has 2 rings (SSSR count). The Balaban J connectivity index is 2.32. The van der Waals surface area contributed by atoms with Gasteiger partial charge in [0.05, 0.1) is 11.1 Å². The maximum atomic E-state index is 4.67. The van der Waals surface area contributed by atoms with Crippen molar-refractivity contribution in [3.05, 3.63) is 46.3 Å². The second kappa shape index (κ2) is 5.33. The van der Waals surface area contributed by atoms with Gasteiger partial charge in [0.1, 0.15) is 0 Å². The lowest BCUT2D eigenvalue weighted by Crippen LogP contribution is -2.21. The minimum Gasteiger partial charge on any atom is -0.284 e. The summed E-state index contributed by atoms with van der Waals surface area (Å²) in [7, 11) is 0. The van der Waals surface area contributed by atoms with Gasteiger partial charge in [0.25, 0.3) is 0 Å². The number of aliphatic imine (C=N–C) groups is 2. The zero-order chi connectivity index (χ0) is 13.9. The van der Waals surface area contributed by atoms with Gasteiger partial charge >= 0.3 is 0 Å². The van der Waals surface area contributed by atoms with Gasteiger partial charge in [-0.2, -0.15) is 0 Å². The minimum absolute atomic E-state index is 0.221. The molecule has 0 aliphatic carbocycles. The van der Waals surface area contributed by atoms with E-state index in [-0.39, 0.29) is 11.1 Å². The highest BCUT2D eigenvalue weighted by molar-refractivity contribution is 8.04. The molecule has 0 bridgehead atoms. The van der Waals surface area contributed by atoms with E-state index in [0.717, 1.165) is 5.57 Å².